The first kappa shape index (κ1) is 13.6. The second kappa shape index (κ2) is 6.35. The van der Waals surface area contributed by atoms with Crippen LogP contribution in [0, 0.1) is 5.92 Å². The van der Waals surface area contributed by atoms with Crippen LogP contribution in [-0.4, -0.2) is 31.1 Å². The quantitative estimate of drug-likeness (QED) is 0.878. The molecule has 0 saturated carbocycles. The topological polar surface area (TPSA) is 15.3 Å². The van der Waals surface area contributed by atoms with Gasteiger partial charge in [0.2, 0.25) is 0 Å². The zero-order valence-electron chi connectivity index (χ0n) is 11.9. The summed E-state index contributed by atoms with van der Waals surface area (Å²) < 4.78 is 0. The van der Waals surface area contributed by atoms with Crippen molar-refractivity contribution in [2.24, 2.45) is 5.92 Å². The Bertz CT molecular complexity index is 349. The van der Waals surface area contributed by atoms with Gasteiger partial charge < -0.3 is 10.2 Å². The summed E-state index contributed by atoms with van der Waals surface area (Å²) in [5.41, 5.74) is 1.38. The fourth-order valence-corrected chi connectivity index (χ4v) is 2.98. The number of nitrogens with one attached hydrogen (secondary N) is 1. The number of benzene rings is 1. The number of likely N-dealkylation sites (tertiary alicyclic amines) is 1. The maximum atomic E-state index is 3.76. The van der Waals surface area contributed by atoms with E-state index in [4.69, 9.17) is 0 Å². The van der Waals surface area contributed by atoms with Crippen molar-refractivity contribution in [3.63, 3.8) is 0 Å². The Kier molecular flexibility index (Phi) is 4.79. The van der Waals surface area contributed by atoms with Crippen molar-refractivity contribution in [2.75, 3.05) is 20.1 Å². The lowest BCUT2D eigenvalue weighted by Gasteiger charge is -2.35. The lowest BCUT2D eigenvalue weighted by Crippen LogP contribution is -2.43. The van der Waals surface area contributed by atoms with E-state index in [9.17, 15) is 0 Å². The minimum atomic E-state index is 0.438. The Morgan fingerprint density at radius 3 is 2.61 bits per heavy atom. The molecule has 3 unspecified atom stereocenters. The summed E-state index contributed by atoms with van der Waals surface area (Å²) in [6.07, 6.45) is 2.70. The van der Waals surface area contributed by atoms with Crippen LogP contribution in [0.15, 0.2) is 30.3 Å². The van der Waals surface area contributed by atoms with Crippen molar-refractivity contribution in [1.29, 1.82) is 0 Å². The average molecular weight is 246 g/mol. The Morgan fingerprint density at radius 1 is 1.22 bits per heavy atom. The first-order valence-corrected chi connectivity index (χ1v) is 7.16. The van der Waals surface area contributed by atoms with Crippen LogP contribution in [0.25, 0.3) is 0 Å². The summed E-state index contributed by atoms with van der Waals surface area (Å²) >= 11 is 0. The molecule has 0 amide bonds. The molecular weight excluding hydrogens is 220 g/mol. The second-order valence-corrected chi connectivity index (χ2v) is 5.75. The van der Waals surface area contributed by atoms with E-state index < -0.39 is 0 Å². The standard InChI is InChI=1S/C16H26N2/c1-13(15-8-5-4-6-9-15)17-14(2)16-10-7-11-18(3)12-16/h4-6,8-9,13-14,16-17H,7,10-12H2,1-3H3. The minimum absolute atomic E-state index is 0.438. The third-order valence-electron chi connectivity index (χ3n) is 4.18. The molecule has 0 radical (unpaired) electrons. The normalized spacial score (nSPS) is 24.7. The van der Waals surface area contributed by atoms with E-state index in [1.807, 2.05) is 0 Å². The molecule has 1 fully saturated rings. The van der Waals surface area contributed by atoms with E-state index in [1.165, 1.54) is 31.5 Å². The van der Waals surface area contributed by atoms with E-state index in [1.54, 1.807) is 0 Å². The van der Waals surface area contributed by atoms with Gasteiger partial charge in [0.25, 0.3) is 0 Å². The van der Waals surface area contributed by atoms with E-state index in [-0.39, 0.29) is 0 Å². The highest BCUT2D eigenvalue weighted by molar-refractivity contribution is 5.18. The number of nitrogens with zero attached hydrogens (tertiary/aromatic N) is 1. The molecule has 100 valence electrons. The van der Waals surface area contributed by atoms with Gasteiger partial charge in [0.15, 0.2) is 0 Å². The fraction of sp³-hybridized carbons (Fsp3) is 0.625. The summed E-state index contributed by atoms with van der Waals surface area (Å²) in [7, 11) is 2.24. The van der Waals surface area contributed by atoms with E-state index in [2.05, 4.69) is 61.4 Å². The second-order valence-electron chi connectivity index (χ2n) is 5.75. The van der Waals surface area contributed by atoms with Gasteiger partial charge in [0, 0.05) is 18.6 Å². The van der Waals surface area contributed by atoms with Crippen LogP contribution in [-0.2, 0) is 0 Å². The monoisotopic (exact) mass is 246 g/mol. The maximum absolute atomic E-state index is 3.76. The molecule has 0 spiro atoms. The zero-order chi connectivity index (χ0) is 13.0. The van der Waals surface area contributed by atoms with E-state index >= 15 is 0 Å². The van der Waals surface area contributed by atoms with Gasteiger partial charge in [-0.3, -0.25) is 0 Å². The Hall–Kier alpha value is -0.860. The summed E-state index contributed by atoms with van der Waals surface area (Å²) in [6.45, 7) is 7.09. The Morgan fingerprint density at radius 2 is 1.94 bits per heavy atom. The molecule has 18 heavy (non-hydrogen) atoms. The molecule has 2 rings (SSSR count). The van der Waals surface area contributed by atoms with Crippen molar-refractivity contribution >= 4 is 0 Å². The van der Waals surface area contributed by atoms with Crippen molar-refractivity contribution in [1.82, 2.24) is 10.2 Å². The summed E-state index contributed by atoms with van der Waals surface area (Å²) in [4.78, 5) is 2.46. The van der Waals surface area contributed by atoms with Crippen molar-refractivity contribution in [2.45, 2.75) is 38.8 Å². The number of hydrogen-bond donors (Lipinski definition) is 1. The van der Waals surface area contributed by atoms with Crippen molar-refractivity contribution < 1.29 is 0 Å². The number of rotatable bonds is 4. The first-order chi connectivity index (χ1) is 8.66. The molecule has 0 aromatic heterocycles. The molecule has 2 heteroatoms. The Labute approximate surface area is 111 Å². The molecule has 2 nitrogen and oxygen atoms in total. The van der Waals surface area contributed by atoms with Crippen LogP contribution in [0.1, 0.15) is 38.3 Å². The Balaban J connectivity index is 1.88. The highest BCUT2D eigenvalue weighted by Gasteiger charge is 2.23. The van der Waals surface area contributed by atoms with E-state index in [0.29, 0.717) is 12.1 Å². The molecule has 1 N–H and O–H groups in total. The number of piperidine rings is 1. The predicted octanol–water partition coefficient (Wildman–Crippen LogP) is 3.07. The summed E-state index contributed by atoms with van der Waals surface area (Å²) in [5, 5.41) is 3.76. The molecule has 0 bridgehead atoms. The molecule has 1 saturated heterocycles. The van der Waals surface area contributed by atoms with Gasteiger partial charge in [-0.25, -0.2) is 0 Å². The smallest absolute Gasteiger partial charge is 0.0294 e. The van der Waals surface area contributed by atoms with Gasteiger partial charge in [-0.05, 0) is 51.8 Å². The lowest BCUT2D eigenvalue weighted by molar-refractivity contribution is 0.174. The van der Waals surface area contributed by atoms with Crippen molar-refractivity contribution in [3.05, 3.63) is 35.9 Å². The molecule has 1 aromatic carbocycles. The molecular formula is C16H26N2. The van der Waals surface area contributed by atoms with Crippen LogP contribution < -0.4 is 5.32 Å². The number of hydrogen-bond acceptors (Lipinski definition) is 2. The fourth-order valence-electron chi connectivity index (χ4n) is 2.98. The highest BCUT2D eigenvalue weighted by Crippen LogP contribution is 2.21. The molecule has 1 aliphatic rings. The van der Waals surface area contributed by atoms with Gasteiger partial charge in [0.05, 0.1) is 0 Å². The van der Waals surface area contributed by atoms with Gasteiger partial charge >= 0.3 is 0 Å². The zero-order valence-corrected chi connectivity index (χ0v) is 11.9. The largest absolute Gasteiger partial charge is 0.307 e. The summed E-state index contributed by atoms with van der Waals surface area (Å²) in [6, 6.07) is 11.8. The summed E-state index contributed by atoms with van der Waals surface area (Å²) in [5.74, 6) is 0.787. The third kappa shape index (κ3) is 3.56. The predicted molar refractivity (Wildman–Crippen MR) is 77.7 cm³/mol. The van der Waals surface area contributed by atoms with Crippen LogP contribution >= 0.6 is 0 Å². The minimum Gasteiger partial charge on any atom is -0.307 e. The van der Waals surface area contributed by atoms with Gasteiger partial charge in [0.1, 0.15) is 0 Å². The lowest BCUT2D eigenvalue weighted by atomic mass is 9.91. The molecule has 1 aromatic rings. The highest BCUT2D eigenvalue weighted by atomic mass is 15.1. The van der Waals surface area contributed by atoms with Crippen LogP contribution in [0.5, 0.6) is 0 Å². The van der Waals surface area contributed by atoms with Crippen LogP contribution in [0.2, 0.25) is 0 Å². The molecule has 1 heterocycles. The van der Waals surface area contributed by atoms with Crippen molar-refractivity contribution in [3.8, 4) is 0 Å². The first-order valence-electron chi connectivity index (χ1n) is 7.16. The average Bonchev–Trinajstić information content (AvgIpc) is 2.39. The van der Waals surface area contributed by atoms with Gasteiger partial charge in [-0.1, -0.05) is 30.3 Å². The third-order valence-corrected chi connectivity index (χ3v) is 4.18. The maximum Gasteiger partial charge on any atom is 0.0294 e. The van der Waals surface area contributed by atoms with E-state index in [0.717, 1.165) is 5.92 Å². The van der Waals surface area contributed by atoms with Gasteiger partial charge in [-0.2, -0.15) is 0 Å². The molecule has 3 atom stereocenters. The SMILES string of the molecule is CC(NC(C)C1CCCN(C)C1)c1ccccc1. The van der Waals surface area contributed by atoms with Crippen LogP contribution in [0.3, 0.4) is 0 Å². The van der Waals surface area contributed by atoms with Crippen LogP contribution in [0.4, 0.5) is 0 Å². The molecule has 1 aliphatic heterocycles. The van der Waals surface area contributed by atoms with Gasteiger partial charge in [-0.15, -0.1) is 0 Å². The molecule has 0 aliphatic carbocycles.